The third-order valence-electron chi connectivity index (χ3n) is 1.94. The fourth-order valence-electron chi connectivity index (χ4n) is 1.29. The number of nitrogens with zero attached hydrogens (tertiary/aromatic N) is 2. The van der Waals surface area contributed by atoms with Gasteiger partial charge in [-0.1, -0.05) is 0 Å². The summed E-state index contributed by atoms with van der Waals surface area (Å²) in [4.78, 5) is 7.92. The lowest BCUT2D eigenvalue weighted by atomic mass is 10.3. The topological polar surface area (TPSA) is 73.1 Å². The van der Waals surface area contributed by atoms with Crippen molar-refractivity contribution in [3.05, 3.63) is 12.3 Å². The molecule has 2 rings (SSSR count). The van der Waals surface area contributed by atoms with Crippen LogP contribution in [-0.2, 0) is 0 Å². The van der Waals surface area contributed by atoms with Crippen molar-refractivity contribution in [1.82, 2.24) is 15.3 Å². The van der Waals surface area contributed by atoms with E-state index in [-0.39, 0.29) is 6.10 Å². The molecule has 1 aromatic heterocycles. The van der Waals surface area contributed by atoms with E-state index in [1.54, 1.807) is 12.3 Å². The van der Waals surface area contributed by atoms with Crippen LogP contribution in [0.4, 0.5) is 5.82 Å². The summed E-state index contributed by atoms with van der Waals surface area (Å²) < 4.78 is 5.49. The molecule has 0 radical (unpaired) electrons. The van der Waals surface area contributed by atoms with E-state index in [2.05, 4.69) is 15.3 Å². The molecule has 0 spiro atoms. The van der Waals surface area contributed by atoms with E-state index >= 15 is 0 Å². The zero-order chi connectivity index (χ0) is 9.10. The van der Waals surface area contributed by atoms with Crippen molar-refractivity contribution >= 4 is 5.82 Å². The summed E-state index contributed by atoms with van der Waals surface area (Å²) in [5.74, 6) is 0.441. The fourth-order valence-corrected chi connectivity index (χ4v) is 1.29. The molecule has 3 N–H and O–H groups in total. The van der Waals surface area contributed by atoms with Gasteiger partial charge in [0.1, 0.15) is 11.9 Å². The number of aromatic nitrogens is 2. The minimum atomic E-state index is 0.182. The first-order valence-corrected chi connectivity index (χ1v) is 4.30. The molecule has 1 aromatic rings. The molecule has 0 saturated carbocycles. The number of hydrogen-bond acceptors (Lipinski definition) is 5. The van der Waals surface area contributed by atoms with Crippen LogP contribution in [0.15, 0.2) is 12.3 Å². The van der Waals surface area contributed by atoms with E-state index in [1.165, 1.54) is 0 Å². The van der Waals surface area contributed by atoms with E-state index in [1.807, 2.05) is 0 Å². The smallest absolute Gasteiger partial charge is 0.318 e. The Kier molecular flexibility index (Phi) is 2.27. The van der Waals surface area contributed by atoms with Crippen LogP contribution in [-0.4, -0.2) is 29.2 Å². The SMILES string of the molecule is Nc1ccnc(OC2CCNC2)n1. The summed E-state index contributed by atoms with van der Waals surface area (Å²) in [6.07, 6.45) is 2.78. The van der Waals surface area contributed by atoms with Gasteiger partial charge in [0, 0.05) is 12.7 Å². The van der Waals surface area contributed by atoms with Crippen LogP contribution in [0.2, 0.25) is 0 Å². The molecule has 70 valence electrons. The Morgan fingerprint density at radius 3 is 3.23 bits per heavy atom. The molecule has 0 aliphatic carbocycles. The Bertz CT molecular complexity index is 285. The molecule has 1 unspecified atom stereocenters. The zero-order valence-electron chi connectivity index (χ0n) is 7.23. The first-order valence-electron chi connectivity index (χ1n) is 4.30. The minimum Gasteiger partial charge on any atom is -0.459 e. The Labute approximate surface area is 76.3 Å². The van der Waals surface area contributed by atoms with Gasteiger partial charge in [-0.15, -0.1) is 0 Å². The first-order chi connectivity index (χ1) is 6.34. The van der Waals surface area contributed by atoms with Crippen molar-refractivity contribution in [2.24, 2.45) is 0 Å². The quantitative estimate of drug-likeness (QED) is 0.659. The van der Waals surface area contributed by atoms with Crippen molar-refractivity contribution in [3.63, 3.8) is 0 Å². The zero-order valence-corrected chi connectivity index (χ0v) is 7.23. The van der Waals surface area contributed by atoms with E-state index in [9.17, 15) is 0 Å². The van der Waals surface area contributed by atoms with Gasteiger partial charge in [-0.3, -0.25) is 0 Å². The molecule has 5 nitrogen and oxygen atoms in total. The van der Waals surface area contributed by atoms with Crippen molar-refractivity contribution < 1.29 is 4.74 Å². The second-order valence-electron chi connectivity index (χ2n) is 3.00. The monoisotopic (exact) mass is 180 g/mol. The second kappa shape index (κ2) is 3.57. The molecule has 1 saturated heterocycles. The van der Waals surface area contributed by atoms with Crippen LogP contribution in [0.1, 0.15) is 6.42 Å². The lowest BCUT2D eigenvalue weighted by Crippen LogP contribution is -2.20. The first kappa shape index (κ1) is 8.25. The Hall–Kier alpha value is -1.36. The molecule has 2 heterocycles. The molecule has 0 amide bonds. The van der Waals surface area contributed by atoms with Gasteiger partial charge in [0.15, 0.2) is 0 Å². The Morgan fingerprint density at radius 1 is 1.62 bits per heavy atom. The molecule has 1 aliphatic rings. The van der Waals surface area contributed by atoms with Crippen LogP contribution in [0, 0.1) is 0 Å². The lowest BCUT2D eigenvalue weighted by Gasteiger charge is -2.09. The van der Waals surface area contributed by atoms with Crippen LogP contribution >= 0.6 is 0 Å². The number of nitrogen functional groups attached to an aromatic ring is 1. The standard InChI is InChI=1S/C8H12N4O/c9-7-2-4-11-8(12-7)13-6-1-3-10-5-6/h2,4,6,10H,1,3,5H2,(H2,9,11,12). The number of hydrogen-bond donors (Lipinski definition) is 2. The van der Waals surface area contributed by atoms with Crippen LogP contribution in [0.5, 0.6) is 6.01 Å². The van der Waals surface area contributed by atoms with Gasteiger partial charge in [0.25, 0.3) is 0 Å². The van der Waals surface area contributed by atoms with Crippen LogP contribution < -0.4 is 15.8 Å². The van der Waals surface area contributed by atoms with Gasteiger partial charge >= 0.3 is 6.01 Å². The highest BCUT2D eigenvalue weighted by Gasteiger charge is 2.16. The van der Waals surface area contributed by atoms with E-state index < -0.39 is 0 Å². The predicted octanol–water partition coefficient (Wildman–Crippen LogP) is -0.201. The van der Waals surface area contributed by atoms with Crippen LogP contribution in [0.3, 0.4) is 0 Å². The van der Waals surface area contributed by atoms with E-state index in [4.69, 9.17) is 10.5 Å². The average molecular weight is 180 g/mol. The van der Waals surface area contributed by atoms with Gasteiger partial charge in [-0.05, 0) is 19.0 Å². The van der Waals surface area contributed by atoms with Gasteiger partial charge in [-0.25, -0.2) is 4.98 Å². The maximum atomic E-state index is 5.49. The lowest BCUT2D eigenvalue weighted by molar-refractivity contribution is 0.204. The third kappa shape index (κ3) is 2.06. The number of rotatable bonds is 2. The molecule has 0 bridgehead atoms. The summed E-state index contributed by atoms with van der Waals surface area (Å²) in [5.41, 5.74) is 5.49. The fraction of sp³-hybridized carbons (Fsp3) is 0.500. The van der Waals surface area contributed by atoms with Crippen molar-refractivity contribution in [2.75, 3.05) is 18.8 Å². The predicted molar refractivity (Wildman–Crippen MR) is 48.3 cm³/mol. The molecular formula is C8H12N4O. The molecular weight excluding hydrogens is 168 g/mol. The summed E-state index contributed by atoms with van der Waals surface area (Å²) in [7, 11) is 0. The highest BCUT2D eigenvalue weighted by molar-refractivity contribution is 5.26. The van der Waals surface area contributed by atoms with Crippen molar-refractivity contribution in [3.8, 4) is 6.01 Å². The van der Waals surface area contributed by atoms with Gasteiger partial charge in [0.2, 0.25) is 0 Å². The third-order valence-corrected chi connectivity index (χ3v) is 1.94. The highest BCUT2D eigenvalue weighted by atomic mass is 16.5. The summed E-state index contributed by atoms with van der Waals surface area (Å²) in [6.45, 7) is 1.85. The normalized spacial score (nSPS) is 21.7. The van der Waals surface area contributed by atoms with Crippen molar-refractivity contribution in [1.29, 1.82) is 0 Å². The molecule has 1 atom stereocenters. The van der Waals surface area contributed by atoms with Gasteiger partial charge in [0.05, 0.1) is 0 Å². The maximum absolute atomic E-state index is 5.49. The summed E-state index contributed by atoms with van der Waals surface area (Å²) in [5, 5.41) is 3.20. The highest BCUT2D eigenvalue weighted by Crippen LogP contribution is 2.09. The summed E-state index contributed by atoms with van der Waals surface area (Å²) >= 11 is 0. The van der Waals surface area contributed by atoms with E-state index in [0.29, 0.717) is 11.8 Å². The van der Waals surface area contributed by atoms with E-state index in [0.717, 1.165) is 19.5 Å². The molecule has 0 aromatic carbocycles. The Balaban J connectivity index is 2.00. The maximum Gasteiger partial charge on any atom is 0.318 e. The Morgan fingerprint density at radius 2 is 2.54 bits per heavy atom. The largest absolute Gasteiger partial charge is 0.459 e. The second-order valence-corrected chi connectivity index (χ2v) is 3.00. The number of anilines is 1. The number of ether oxygens (including phenoxy) is 1. The minimum absolute atomic E-state index is 0.182. The number of nitrogens with one attached hydrogen (secondary N) is 1. The number of nitrogens with two attached hydrogens (primary N) is 1. The average Bonchev–Trinajstić information content (AvgIpc) is 2.57. The van der Waals surface area contributed by atoms with Gasteiger partial charge in [-0.2, -0.15) is 4.98 Å². The molecule has 1 fully saturated rings. The molecule has 1 aliphatic heterocycles. The summed E-state index contributed by atoms with van der Waals surface area (Å²) in [6, 6.07) is 2.01. The molecule has 13 heavy (non-hydrogen) atoms. The van der Waals surface area contributed by atoms with Crippen molar-refractivity contribution in [2.45, 2.75) is 12.5 Å². The van der Waals surface area contributed by atoms with Gasteiger partial charge < -0.3 is 15.8 Å². The molecule has 5 heteroatoms. The van der Waals surface area contributed by atoms with Crippen LogP contribution in [0.25, 0.3) is 0 Å².